The molecule has 60 valence electrons. The molecule has 0 bridgehead atoms. The summed E-state index contributed by atoms with van der Waals surface area (Å²) in [4.78, 5) is 0. The van der Waals surface area contributed by atoms with Crippen molar-refractivity contribution in [3.05, 3.63) is 10.3 Å². The van der Waals surface area contributed by atoms with Crippen LogP contribution in [0.25, 0.3) is 0 Å². The summed E-state index contributed by atoms with van der Waals surface area (Å²) < 4.78 is 37.0. The van der Waals surface area contributed by atoms with Crippen LogP contribution in [-0.2, 0) is 4.74 Å². The van der Waals surface area contributed by atoms with Gasteiger partial charge in [-0.15, -0.1) is 13.2 Å². The van der Waals surface area contributed by atoms with Gasteiger partial charge in [0.1, 0.15) is 0 Å². The Hall–Kier alpha value is -0.0900. The van der Waals surface area contributed by atoms with Crippen molar-refractivity contribution in [3.8, 4) is 0 Å². The zero-order valence-corrected chi connectivity index (χ0v) is 6.31. The normalized spacial score (nSPS) is 14.6. The van der Waals surface area contributed by atoms with Crippen molar-refractivity contribution in [2.24, 2.45) is 0 Å². The standard InChI is InChI=1S/C4H3Cl2F3O/c1-2(5)3(6)10-4(7,8)9/h1H3/b3-2-. The third kappa shape index (κ3) is 4.76. The second kappa shape index (κ2) is 3.34. The summed E-state index contributed by atoms with van der Waals surface area (Å²) in [6.07, 6.45) is -4.77. The van der Waals surface area contributed by atoms with E-state index in [1.54, 1.807) is 0 Å². The molecule has 6 heteroatoms. The highest BCUT2D eigenvalue weighted by atomic mass is 35.5. The first-order valence-electron chi connectivity index (χ1n) is 2.10. The van der Waals surface area contributed by atoms with Crippen LogP contribution >= 0.6 is 23.2 Å². The van der Waals surface area contributed by atoms with Gasteiger partial charge in [0, 0.05) is 0 Å². The Bertz CT molecular complexity index is 147. The third-order valence-corrected chi connectivity index (χ3v) is 1.11. The van der Waals surface area contributed by atoms with Crippen molar-refractivity contribution in [1.82, 2.24) is 0 Å². The number of hydrogen-bond donors (Lipinski definition) is 0. The van der Waals surface area contributed by atoms with E-state index < -0.39 is 11.6 Å². The van der Waals surface area contributed by atoms with E-state index in [9.17, 15) is 13.2 Å². The number of rotatable bonds is 1. The summed E-state index contributed by atoms with van der Waals surface area (Å²) in [7, 11) is 0. The molecular formula is C4H3Cl2F3O. The Balaban J connectivity index is 4.06. The van der Waals surface area contributed by atoms with Gasteiger partial charge in [0.2, 0.25) is 5.22 Å². The predicted octanol–water partition coefficient (Wildman–Crippen LogP) is 3.19. The molecule has 0 N–H and O–H groups in total. The maximum absolute atomic E-state index is 11.3. The van der Waals surface area contributed by atoms with Crippen LogP contribution in [-0.4, -0.2) is 6.36 Å². The lowest BCUT2D eigenvalue weighted by Crippen LogP contribution is -2.11. The summed E-state index contributed by atoms with van der Waals surface area (Å²) in [5, 5.41) is -1.09. The molecule has 0 saturated heterocycles. The Morgan fingerprint density at radius 1 is 1.30 bits per heavy atom. The van der Waals surface area contributed by atoms with Gasteiger partial charge >= 0.3 is 6.36 Å². The Morgan fingerprint density at radius 2 is 1.70 bits per heavy atom. The van der Waals surface area contributed by atoms with Crippen molar-refractivity contribution in [1.29, 1.82) is 0 Å². The molecule has 0 rings (SSSR count). The van der Waals surface area contributed by atoms with Crippen LogP contribution in [0.1, 0.15) is 6.92 Å². The predicted molar refractivity (Wildman–Crippen MR) is 31.5 cm³/mol. The first-order valence-corrected chi connectivity index (χ1v) is 2.86. The van der Waals surface area contributed by atoms with Crippen molar-refractivity contribution < 1.29 is 17.9 Å². The maximum Gasteiger partial charge on any atom is 0.573 e. The maximum atomic E-state index is 11.3. The summed E-state index contributed by atoms with van der Waals surface area (Å²) in [5.74, 6) is 0. The fraction of sp³-hybridized carbons (Fsp3) is 0.500. The fourth-order valence-corrected chi connectivity index (χ4v) is 0.298. The first kappa shape index (κ1) is 9.91. The molecule has 0 amide bonds. The van der Waals surface area contributed by atoms with Crippen molar-refractivity contribution >= 4 is 23.2 Å². The second-order valence-electron chi connectivity index (χ2n) is 1.35. The molecule has 0 heterocycles. The Labute approximate surface area is 65.4 Å². The molecule has 0 radical (unpaired) electrons. The monoisotopic (exact) mass is 194 g/mol. The van der Waals surface area contributed by atoms with Gasteiger partial charge in [-0.3, -0.25) is 0 Å². The zero-order chi connectivity index (χ0) is 8.36. The summed E-state index contributed by atoms with van der Waals surface area (Å²) in [6, 6.07) is 0. The number of allylic oxidation sites excluding steroid dienone is 1. The second-order valence-corrected chi connectivity index (χ2v) is 2.27. The molecule has 0 aliphatic carbocycles. The van der Waals surface area contributed by atoms with Gasteiger partial charge in [-0.05, 0) is 18.5 Å². The van der Waals surface area contributed by atoms with Gasteiger partial charge in [0.05, 0.1) is 5.03 Å². The van der Waals surface area contributed by atoms with Crippen LogP contribution in [0.2, 0.25) is 0 Å². The van der Waals surface area contributed by atoms with Crippen LogP contribution < -0.4 is 0 Å². The van der Waals surface area contributed by atoms with Gasteiger partial charge < -0.3 is 4.74 Å². The molecule has 0 aromatic carbocycles. The molecule has 0 spiro atoms. The van der Waals surface area contributed by atoms with Gasteiger partial charge in [-0.2, -0.15) is 0 Å². The average molecular weight is 195 g/mol. The minimum atomic E-state index is -4.77. The van der Waals surface area contributed by atoms with Crippen LogP contribution in [0.15, 0.2) is 10.3 Å². The summed E-state index contributed by atoms with van der Waals surface area (Å²) >= 11 is 9.96. The minimum absolute atomic E-state index is 0.237. The van der Waals surface area contributed by atoms with E-state index >= 15 is 0 Å². The lowest BCUT2D eigenvalue weighted by molar-refractivity contribution is -0.301. The van der Waals surface area contributed by atoms with E-state index in [-0.39, 0.29) is 5.03 Å². The highest BCUT2D eigenvalue weighted by molar-refractivity contribution is 6.38. The number of ether oxygens (including phenoxy) is 1. The van der Waals surface area contributed by atoms with Crippen LogP contribution in [0.4, 0.5) is 13.2 Å². The van der Waals surface area contributed by atoms with E-state index in [4.69, 9.17) is 23.2 Å². The van der Waals surface area contributed by atoms with Gasteiger partial charge in [0.25, 0.3) is 0 Å². The largest absolute Gasteiger partial charge is 0.573 e. The van der Waals surface area contributed by atoms with E-state index in [0.29, 0.717) is 0 Å². The van der Waals surface area contributed by atoms with E-state index in [0.717, 1.165) is 0 Å². The highest BCUT2D eigenvalue weighted by Crippen LogP contribution is 2.25. The number of halogens is 5. The highest BCUT2D eigenvalue weighted by Gasteiger charge is 2.32. The van der Waals surface area contributed by atoms with Crippen molar-refractivity contribution in [3.63, 3.8) is 0 Å². The number of hydrogen-bond acceptors (Lipinski definition) is 1. The van der Waals surface area contributed by atoms with Crippen molar-refractivity contribution in [2.45, 2.75) is 13.3 Å². The molecule has 1 nitrogen and oxygen atoms in total. The molecule has 0 unspecified atom stereocenters. The molecule has 0 aromatic rings. The molecular weight excluding hydrogens is 192 g/mol. The van der Waals surface area contributed by atoms with Crippen LogP contribution in [0.3, 0.4) is 0 Å². The fourth-order valence-electron chi connectivity index (χ4n) is 0.172. The quantitative estimate of drug-likeness (QED) is 0.583. The van der Waals surface area contributed by atoms with E-state index in [2.05, 4.69) is 4.74 Å². The minimum Gasteiger partial charge on any atom is -0.393 e. The molecule has 10 heavy (non-hydrogen) atoms. The van der Waals surface area contributed by atoms with Gasteiger partial charge in [0.15, 0.2) is 0 Å². The SMILES string of the molecule is C/C(Cl)=C(\Cl)OC(F)(F)F. The lowest BCUT2D eigenvalue weighted by atomic mass is 10.7. The Morgan fingerprint density at radius 3 is 1.80 bits per heavy atom. The van der Waals surface area contributed by atoms with Gasteiger partial charge in [-0.1, -0.05) is 11.6 Å². The smallest absolute Gasteiger partial charge is 0.393 e. The topological polar surface area (TPSA) is 9.23 Å². The number of alkyl halides is 3. The third-order valence-electron chi connectivity index (χ3n) is 0.476. The molecule has 0 aliphatic rings. The van der Waals surface area contributed by atoms with E-state index in [1.807, 2.05) is 0 Å². The average Bonchev–Trinajstić information content (AvgIpc) is 1.60. The van der Waals surface area contributed by atoms with Crippen molar-refractivity contribution in [2.75, 3.05) is 0 Å². The molecule has 0 atom stereocenters. The summed E-state index contributed by atoms with van der Waals surface area (Å²) in [5.41, 5.74) is 0. The van der Waals surface area contributed by atoms with Gasteiger partial charge in [-0.25, -0.2) is 0 Å². The first-order chi connectivity index (χ1) is 4.33. The Kier molecular flexibility index (Phi) is 3.31. The molecule has 0 fully saturated rings. The van der Waals surface area contributed by atoms with E-state index in [1.165, 1.54) is 6.92 Å². The molecule has 0 saturated carbocycles. The zero-order valence-electron chi connectivity index (χ0n) is 4.80. The van der Waals surface area contributed by atoms with Crippen LogP contribution in [0, 0.1) is 0 Å². The van der Waals surface area contributed by atoms with Crippen LogP contribution in [0.5, 0.6) is 0 Å². The lowest BCUT2D eigenvalue weighted by Gasteiger charge is -2.06. The molecule has 0 aromatic heterocycles. The summed E-state index contributed by atoms with van der Waals surface area (Å²) in [6.45, 7) is 1.19. The molecule has 0 aliphatic heterocycles.